The first-order valence-corrected chi connectivity index (χ1v) is 6.76. The van der Waals surface area contributed by atoms with Gasteiger partial charge in [0.05, 0.1) is 6.42 Å². The van der Waals surface area contributed by atoms with Crippen LogP contribution in [0.25, 0.3) is 0 Å². The molecule has 0 unspecified atom stereocenters. The third-order valence-electron chi connectivity index (χ3n) is 2.99. The molecule has 0 amide bonds. The van der Waals surface area contributed by atoms with Gasteiger partial charge in [-0.2, -0.15) is 0 Å². The first-order valence-electron chi connectivity index (χ1n) is 6.39. The first kappa shape index (κ1) is 14.6. The fourth-order valence-electron chi connectivity index (χ4n) is 2.05. The van der Waals surface area contributed by atoms with E-state index in [0.29, 0.717) is 13.1 Å². The van der Waals surface area contributed by atoms with Crippen molar-refractivity contribution in [2.45, 2.75) is 19.5 Å². The molecule has 0 aromatic heterocycles. The molecule has 2 aromatic rings. The summed E-state index contributed by atoms with van der Waals surface area (Å²) in [5.41, 5.74) is 2.96. The van der Waals surface area contributed by atoms with Crippen molar-refractivity contribution in [3.8, 4) is 0 Å². The summed E-state index contributed by atoms with van der Waals surface area (Å²) in [6, 6.07) is 15.2. The number of hydrogen-bond donors (Lipinski definition) is 2. The Labute approximate surface area is 123 Å². The molecule has 0 saturated carbocycles. The van der Waals surface area contributed by atoms with Gasteiger partial charge in [-0.05, 0) is 28.8 Å². The zero-order valence-corrected chi connectivity index (χ0v) is 11.7. The van der Waals surface area contributed by atoms with Gasteiger partial charge >= 0.3 is 5.97 Å². The Morgan fingerprint density at radius 3 is 2.50 bits per heavy atom. The molecular weight excluding hydrogens is 274 g/mol. The molecule has 0 atom stereocenters. The largest absolute Gasteiger partial charge is 0.481 e. The summed E-state index contributed by atoms with van der Waals surface area (Å²) in [5.74, 6) is -0.813. The molecule has 2 N–H and O–H groups in total. The summed E-state index contributed by atoms with van der Waals surface area (Å²) in [6.07, 6.45) is 0.0506. The molecule has 0 spiro atoms. The van der Waals surface area contributed by atoms with Gasteiger partial charge < -0.3 is 10.4 Å². The maximum Gasteiger partial charge on any atom is 0.307 e. The molecule has 2 aromatic carbocycles. The lowest BCUT2D eigenvalue weighted by Gasteiger charge is -2.09. The molecule has 0 heterocycles. The molecule has 0 radical (unpaired) electrons. The summed E-state index contributed by atoms with van der Waals surface area (Å²) < 4.78 is 0. The standard InChI is InChI=1S/C16H16ClNO2/c17-15-7-3-4-12(8-15)10-18-11-14-6-2-1-5-13(14)9-16(19)20/h1-8,18H,9-11H2,(H,19,20). The van der Waals surface area contributed by atoms with Crippen molar-refractivity contribution >= 4 is 17.6 Å². The van der Waals surface area contributed by atoms with Crippen molar-refractivity contribution in [3.05, 3.63) is 70.2 Å². The maximum atomic E-state index is 10.8. The highest BCUT2D eigenvalue weighted by Crippen LogP contribution is 2.12. The minimum absolute atomic E-state index is 0.0506. The van der Waals surface area contributed by atoms with Crippen LogP contribution in [0.5, 0.6) is 0 Å². The lowest BCUT2D eigenvalue weighted by molar-refractivity contribution is -0.136. The number of carboxylic acid groups (broad SMARTS) is 1. The number of halogens is 1. The van der Waals surface area contributed by atoms with Gasteiger partial charge in [0.25, 0.3) is 0 Å². The van der Waals surface area contributed by atoms with Crippen LogP contribution in [0.1, 0.15) is 16.7 Å². The van der Waals surface area contributed by atoms with E-state index < -0.39 is 5.97 Å². The van der Waals surface area contributed by atoms with E-state index in [4.69, 9.17) is 16.7 Å². The van der Waals surface area contributed by atoms with E-state index in [-0.39, 0.29) is 6.42 Å². The average molecular weight is 290 g/mol. The number of aliphatic carboxylic acids is 1. The second kappa shape index (κ2) is 7.08. The molecule has 0 aliphatic heterocycles. The Balaban J connectivity index is 1.95. The van der Waals surface area contributed by atoms with Crippen LogP contribution in [0.4, 0.5) is 0 Å². The quantitative estimate of drug-likeness (QED) is 0.858. The molecular formula is C16H16ClNO2. The number of rotatable bonds is 6. The summed E-state index contributed by atoms with van der Waals surface area (Å²) in [4.78, 5) is 10.8. The lowest BCUT2D eigenvalue weighted by Crippen LogP contribution is -2.15. The summed E-state index contributed by atoms with van der Waals surface area (Å²) in [6.45, 7) is 1.33. The van der Waals surface area contributed by atoms with Gasteiger partial charge in [0.15, 0.2) is 0 Å². The topological polar surface area (TPSA) is 49.3 Å². The summed E-state index contributed by atoms with van der Waals surface area (Å²) in [7, 11) is 0. The van der Waals surface area contributed by atoms with Crippen molar-refractivity contribution in [1.82, 2.24) is 5.32 Å². The van der Waals surface area contributed by atoms with Crippen molar-refractivity contribution < 1.29 is 9.90 Å². The monoisotopic (exact) mass is 289 g/mol. The highest BCUT2D eigenvalue weighted by atomic mass is 35.5. The number of nitrogens with one attached hydrogen (secondary N) is 1. The van der Waals surface area contributed by atoms with Gasteiger partial charge in [-0.3, -0.25) is 4.79 Å². The Kier molecular flexibility index (Phi) is 5.16. The lowest BCUT2D eigenvalue weighted by atomic mass is 10.0. The van der Waals surface area contributed by atoms with E-state index in [2.05, 4.69) is 5.32 Å². The van der Waals surface area contributed by atoms with Gasteiger partial charge in [-0.1, -0.05) is 48.0 Å². The first-order chi connectivity index (χ1) is 9.65. The molecule has 2 rings (SSSR count). The van der Waals surface area contributed by atoms with Crippen LogP contribution in [-0.2, 0) is 24.3 Å². The van der Waals surface area contributed by atoms with Crippen LogP contribution in [0.15, 0.2) is 48.5 Å². The van der Waals surface area contributed by atoms with E-state index >= 15 is 0 Å². The zero-order chi connectivity index (χ0) is 14.4. The van der Waals surface area contributed by atoms with E-state index in [1.807, 2.05) is 48.5 Å². The van der Waals surface area contributed by atoms with Crippen molar-refractivity contribution in [1.29, 1.82) is 0 Å². The highest BCUT2D eigenvalue weighted by Gasteiger charge is 2.05. The average Bonchev–Trinajstić information content (AvgIpc) is 2.40. The maximum absolute atomic E-state index is 10.8. The van der Waals surface area contributed by atoms with Crippen molar-refractivity contribution in [3.63, 3.8) is 0 Å². The van der Waals surface area contributed by atoms with Crippen LogP contribution in [0.3, 0.4) is 0 Å². The minimum Gasteiger partial charge on any atom is -0.481 e. The molecule has 20 heavy (non-hydrogen) atoms. The minimum atomic E-state index is -0.813. The third-order valence-corrected chi connectivity index (χ3v) is 3.23. The predicted octanol–water partition coefficient (Wildman–Crippen LogP) is 3.26. The molecule has 104 valence electrons. The second-order valence-corrected chi connectivity index (χ2v) is 5.01. The van der Waals surface area contributed by atoms with Crippen molar-refractivity contribution in [2.75, 3.05) is 0 Å². The number of benzene rings is 2. The Morgan fingerprint density at radius 2 is 1.80 bits per heavy atom. The van der Waals surface area contributed by atoms with Gasteiger partial charge in [-0.25, -0.2) is 0 Å². The number of carbonyl (C=O) groups is 1. The van der Waals surface area contributed by atoms with E-state index in [1.54, 1.807) is 0 Å². The fourth-order valence-corrected chi connectivity index (χ4v) is 2.27. The fraction of sp³-hybridized carbons (Fsp3) is 0.188. The Hall–Kier alpha value is -1.84. The number of carboxylic acids is 1. The molecule has 0 saturated heterocycles. The van der Waals surface area contributed by atoms with Crippen LogP contribution < -0.4 is 5.32 Å². The van der Waals surface area contributed by atoms with Crippen LogP contribution in [-0.4, -0.2) is 11.1 Å². The summed E-state index contributed by atoms with van der Waals surface area (Å²) >= 11 is 5.93. The second-order valence-electron chi connectivity index (χ2n) is 4.57. The molecule has 0 aliphatic carbocycles. The van der Waals surface area contributed by atoms with Gasteiger partial charge in [0.1, 0.15) is 0 Å². The Bertz CT molecular complexity index is 599. The molecule has 0 aliphatic rings. The third kappa shape index (κ3) is 4.37. The van der Waals surface area contributed by atoms with E-state index in [0.717, 1.165) is 21.7 Å². The van der Waals surface area contributed by atoms with Gasteiger partial charge in [-0.15, -0.1) is 0 Å². The van der Waals surface area contributed by atoms with Crippen LogP contribution in [0.2, 0.25) is 5.02 Å². The summed E-state index contributed by atoms with van der Waals surface area (Å²) in [5, 5.41) is 12.9. The normalized spacial score (nSPS) is 10.4. The Morgan fingerprint density at radius 1 is 1.05 bits per heavy atom. The number of hydrogen-bond acceptors (Lipinski definition) is 2. The molecule has 0 fully saturated rings. The molecule has 0 bridgehead atoms. The highest BCUT2D eigenvalue weighted by molar-refractivity contribution is 6.30. The molecule has 3 nitrogen and oxygen atoms in total. The zero-order valence-electron chi connectivity index (χ0n) is 11.0. The van der Waals surface area contributed by atoms with Crippen molar-refractivity contribution in [2.24, 2.45) is 0 Å². The van der Waals surface area contributed by atoms with Crippen LogP contribution >= 0.6 is 11.6 Å². The van der Waals surface area contributed by atoms with E-state index in [1.165, 1.54) is 0 Å². The molecule has 4 heteroatoms. The predicted molar refractivity (Wildman–Crippen MR) is 79.8 cm³/mol. The van der Waals surface area contributed by atoms with E-state index in [9.17, 15) is 4.79 Å². The SMILES string of the molecule is O=C(O)Cc1ccccc1CNCc1cccc(Cl)c1. The smallest absolute Gasteiger partial charge is 0.307 e. The van der Waals surface area contributed by atoms with Crippen LogP contribution in [0, 0.1) is 0 Å². The van der Waals surface area contributed by atoms with Gasteiger partial charge in [0, 0.05) is 18.1 Å². The van der Waals surface area contributed by atoms with Gasteiger partial charge in [0.2, 0.25) is 0 Å².